The molecule has 1 aliphatic carbocycles. The first-order valence-electron chi connectivity index (χ1n) is 7.90. The van der Waals surface area contributed by atoms with Crippen LogP contribution >= 0.6 is 0 Å². The summed E-state index contributed by atoms with van der Waals surface area (Å²) in [5, 5.41) is 2.93. The molecule has 1 aromatic carbocycles. The molecule has 120 valence electrons. The van der Waals surface area contributed by atoms with Crippen LogP contribution in [-0.4, -0.2) is 38.1 Å². The van der Waals surface area contributed by atoms with Crippen molar-refractivity contribution in [1.82, 2.24) is 5.32 Å². The van der Waals surface area contributed by atoms with Gasteiger partial charge in [-0.15, -0.1) is 0 Å². The smallest absolute Gasteiger partial charge is 0.224 e. The van der Waals surface area contributed by atoms with Gasteiger partial charge in [-0.25, -0.2) is 0 Å². The zero-order chi connectivity index (χ0) is 15.4. The number of methoxy groups -OCH3 is 1. The number of carbonyl (C=O) groups is 1. The van der Waals surface area contributed by atoms with E-state index in [9.17, 15) is 4.79 Å². The second-order valence-electron chi connectivity index (χ2n) is 6.00. The van der Waals surface area contributed by atoms with Gasteiger partial charge in [0, 0.05) is 19.4 Å². The van der Waals surface area contributed by atoms with Crippen molar-refractivity contribution in [3.8, 4) is 5.75 Å². The molecule has 2 aliphatic rings. The van der Waals surface area contributed by atoms with Gasteiger partial charge in [0.05, 0.1) is 20.1 Å². The maximum Gasteiger partial charge on any atom is 0.224 e. The number of nitrogens with one attached hydrogen (secondary N) is 1. The number of benzene rings is 1. The third-order valence-corrected chi connectivity index (χ3v) is 4.33. The van der Waals surface area contributed by atoms with Crippen LogP contribution in [0.2, 0.25) is 0 Å². The highest BCUT2D eigenvalue weighted by atomic mass is 16.7. The van der Waals surface area contributed by atoms with Crippen LogP contribution in [0.1, 0.15) is 31.2 Å². The summed E-state index contributed by atoms with van der Waals surface area (Å²) in [6, 6.07) is 7.53. The van der Waals surface area contributed by atoms with Crippen LogP contribution in [0, 0.1) is 0 Å². The Bertz CT molecular complexity index is 508. The Kier molecular flexibility index (Phi) is 4.64. The van der Waals surface area contributed by atoms with Gasteiger partial charge in [0.25, 0.3) is 0 Å². The van der Waals surface area contributed by atoms with Crippen LogP contribution < -0.4 is 10.1 Å². The van der Waals surface area contributed by atoms with Gasteiger partial charge >= 0.3 is 0 Å². The van der Waals surface area contributed by atoms with Crippen molar-refractivity contribution < 1.29 is 19.0 Å². The molecule has 5 heteroatoms. The van der Waals surface area contributed by atoms with E-state index in [1.807, 2.05) is 24.3 Å². The standard InChI is InChI=1S/C17H23NO4/c1-20-14-6-4-13(5-7-14)10-16(19)18-11-15-12-21-17(22-15)8-2-3-9-17/h4-7,15H,2-3,8-12H2,1H3,(H,18,19). The number of hydrogen-bond acceptors (Lipinski definition) is 4. The van der Waals surface area contributed by atoms with Gasteiger partial charge < -0.3 is 19.5 Å². The van der Waals surface area contributed by atoms with Gasteiger partial charge in [-0.2, -0.15) is 0 Å². The molecule has 1 aromatic rings. The van der Waals surface area contributed by atoms with Gasteiger partial charge in [-0.1, -0.05) is 12.1 Å². The molecule has 0 radical (unpaired) electrons. The lowest BCUT2D eigenvalue weighted by Crippen LogP contribution is -2.35. The molecule has 1 amide bonds. The monoisotopic (exact) mass is 305 g/mol. The number of amides is 1. The predicted molar refractivity (Wildman–Crippen MR) is 81.7 cm³/mol. The summed E-state index contributed by atoms with van der Waals surface area (Å²) in [6.45, 7) is 1.08. The lowest BCUT2D eigenvalue weighted by Gasteiger charge is -2.21. The highest BCUT2D eigenvalue weighted by Gasteiger charge is 2.43. The van der Waals surface area contributed by atoms with E-state index >= 15 is 0 Å². The topological polar surface area (TPSA) is 56.8 Å². The molecule has 1 saturated heterocycles. The van der Waals surface area contributed by atoms with Crippen LogP contribution in [0.3, 0.4) is 0 Å². The second kappa shape index (κ2) is 6.67. The van der Waals surface area contributed by atoms with Crippen LogP contribution in [0.4, 0.5) is 0 Å². The lowest BCUT2D eigenvalue weighted by atomic mass is 10.1. The molecular weight excluding hydrogens is 282 g/mol. The summed E-state index contributed by atoms with van der Waals surface area (Å²) in [4.78, 5) is 12.0. The van der Waals surface area contributed by atoms with Crippen molar-refractivity contribution in [3.05, 3.63) is 29.8 Å². The van der Waals surface area contributed by atoms with E-state index in [0.29, 0.717) is 19.6 Å². The zero-order valence-electron chi connectivity index (χ0n) is 13.0. The molecule has 2 fully saturated rings. The first-order valence-corrected chi connectivity index (χ1v) is 7.90. The SMILES string of the molecule is COc1ccc(CC(=O)NCC2COC3(CCCC3)O2)cc1. The Labute approximate surface area is 130 Å². The van der Waals surface area contributed by atoms with Crippen LogP contribution in [-0.2, 0) is 20.7 Å². The average Bonchev–Trinajstić information content (AvgIpc) is 3.16. The van der Waals surface area contributed by atoms with E-state index < -0.39 is 0 Å². The minimum absolute atomic E-state index is 0.00105. The van der Waals surface area contributed by atoms with Crippen molar-refractivity contribution in [2.24, 2.45) is 0 Å². The van der Waals surface area contributed by atoms with Crippen LogP contribution in [0.15, 0.2) is 24.3 Å². The third-order valence-electron chi connectivity index (χ3n) is 4.33. The molecule has 0 bridgehead atoms. The molecule has 1 saturated carbocycles. The van der Waals surface area contributed by atoms with Crippen LogP contribution in [0.5, 0.6) is 5.75 Å². The van der Waals surface area contributed by atoms with Crippen molar-refractivity contribution >= 4 is 5.91 Å². The van der Waals surface area contributed by atoms with E-state index in [2.05, 4.69) is 5.32 Å². The Morgan fingerprint density at radius 1 is 1.32 bits per heavy atom. The zero-order valence-corrected chi connectivity index (χ0v) is 13.0. The number of rotatable bonds is 5. The van der Waals surface area contributed by atoms with Crippen molar-refractivity contribution in [2.45, 2.75) is 44.0 Å². The predicted octanol–water partition coefficient (Wildman–Crippen LogP) is 2.04. The molecule has 22 heavy (non-hydrogen) atoms. The van der Waals surface area contributed by atoms with Gasteiger partial charge in [-0.05, 0) is 30.5 Å². The average molecular weight is 305 g/mol. The lowest BCUT2D eigenvalue weighted by molar-refractivity contribution is -0.161. The van der Waals surface area contributed by atoms with E-state index in [-0.39, 0.29) is 17.8 Å². The van der Waals surface area contributed by atoms with E-state index in [0.717, 1.165) is 37.0 Å². The Morgan fingerprint density at radius 3 is 2.73 bits per heavy atom. The highest BCUT2D eigenvalue weighted by Crippen LogP contribution is 2.38. The maximum absolute atomic E-state index is 12.0. The molecule has 0 aromatic heterocycles. The maximum atomic E-state index is 12.0. The van der Waals surface area contributed by atoms with Crippen molar-refractivity contribution in [1.29, 1.82) is 0 Å². The summed E-state index contributed by atoms with van der Waals surface area (Å²) in [5.41, 5.74) is 0.967. The molecule has 3 rings (SSSR count). The van der Waals surface area contributed by atoms with Gasteiger partial charge in [-0.3, -0.25) is 4.79 Å². The minimum Gasteiger partial charge on any atom is -0.497 e. The fourth-order valence-electron chi connectivity index (χ4n) is 3.11. The summed E-state index contributed by atoms with van der Waals surface area (Å²) >= 11 is 0. The minimum atomic E-state index is -0.356. The first kappa shape index (κ1) is 15.3. The largest absolute Gasteiger partial charge is 0.497 e. The molecule has 1 aliphatic heterocycles. The summed E-state index contributed by atoms with van der Waals surface area (Å²) < 4.78 is 16.9. The molecule has 1 spiro atoms. The highest BCUT2D eigenvalue weighted by molar-refractivity contribution is 5.78. The number of carbonyl (C=O) groups excluding carboxylic acids is 1. The second-order valence-corrected chi connectivity index (χ2v) is 6.00. The van der Waals surface area contributed by atoms with Gasteiger partial charge in [0.15, 0.2) is 5.79 Å². The fourth-order valence-corrected chi connectivity index (χ4v) is 3.11. The summed E-state index contributed by atoms with van der Waals surface area (Å²) in [7, 11) is 1.63. The molecule has 5 nitrogen and oxygen atoms in total. The van der Waals surface area contributed by atoms with Gasteiger partial charge in [0.2, 0.25) is 5.91 Å². The number of ether oxygens (including phenoxy) is 3. The Hall–Kier alpha value is -1.59. The first-order chi connectivity index (χ1) is 10.7. The fraction of sp³-hybridized carbons (Fsp3) is 0.588. The third kappa shape index (κ3) is 3.59. The van der Waals surface area contributed by atoms with E-state index in [1.165, 1.54) is 0 Å². The van der Waals surface area contributed by atoms with Gasteiger partial charge in [0.1, 0.15) is 11.9 Å². The van der Waals surface area contributed by atoms with Crippen molar-refractivity contribution in [2.75, 3.05) is 20.3 Å². The Morgan fingerprint density at radius 2 is 2.05 bits per heavy atom. The molecule has 1 atom stereocenters. The van der Waals surface area contributed by atoms with E-state index in [4.69, 9.17) is 14.2 Å². The molecule has 1 heterocycles. The molecule has 1 unspecified atom stereocenters. The number of hydrogen-bond donors (Lipinski definition) is 1. The summed E-state index contributed by atoms with van der Waals surface area (Å²) in [6.07, 6.45) is 4.61. The summed E-state index contributed by atoms with van der Waals surface area (Å²) in [5.74, 6) is 0.439. The molecule has 1 N–H and O–H groups in total. The van der Waals surface area contributed by atoms with E-state index in [1.54, 1.807) is 7.11 Å². The van der Waals surface area contributed by atoms with Crippen LogP contribution in [0.25, 0.3) is 0 Å². The normalized spacial score (nSPS) is 22.9. The quantitative estimate of drug-likeness (QED) is 0.904. The van der Waals surface area contributed by atoms with Crippen molar-refractivity contribution in [3.63, 3.8) is 0 Å². The Balaban J connectivity index is 1.42. The molecular formula is C17H23NO4.